The maximum Gasteiger partial charge on any atom is 0.322 e. The number of methoxy groups -OCH3 is 1. The largest absolute Gasteiger partial charge is 0.495 e. The van der Waals surface area contributed by atoms with Crippen LogP contribution in [0.4, 0.5) is 10.5 Å². The van der Waals surface area contributed by atoms with Crippen molar-refractivity contribution >= 4 is 17.6 Å². The molecule has 0 atom stereocenters. The van der Waals surface area contributed by atoms with Gasteiger partial charge in [-0.2, -0.15) is 0 Å². The molecule has 3 rings (SSSR count). The lowest BCUT2D eigenvalue weighted by Crippen LogP contribution is -2.62. The SMILES string of the molecule is COc1cccc(C)c1NC(=O)N1CC(NC(=O)C2CC2)C1. The second-order valence-electron chi connectivity index (χ2n) is 5.97. The summed E-state index contributed by atoms with van der Waals surface area (Å²) in [5, 5.41) is 5.87. The van der Waals surface area contributed by atoms with Crippen LogP contribution in [0, 0.1) is 12.8 Å². The Balaban J connectivity index is 1.52. The highest BCUT2D eigenvalue weighted by atomic mass is 16.5. The Bertz CT molecular complexity index is 592. The van der Waals surface area contributed by atoms with Gasteiger partial charge in [0.2, 0.25) is 5.91 Å². The number of amides is 3. The molecule has 6 nitrogen and oxygen atoms in total. The van der Waals surface area contributed by atoms with Crippen LogP contribution < -0.4 is 15.4 Å². The molecule has 6 heteroatoms. The van der Waals surface area contributed by atoms with E-state index in [-0.39, 0.29) is 23.9 Å². The molecular formula is C16H21N3O3. The monoisotopic (exact) mass is 303 g/mol. The third-order valence-electron chi connectivity index (χ3n) is 4.15. The minimum Gasteiger partial charge on any atom is -0.495 e. The summed E-state index contributed by atoms with van der Waals surface area (Å²) in [6.45, 7) is 3.03. The van der Waals surface area contributed by atoms with Gasteiger partial charge in [-0.15, -0.1) is 0 Å². The Morgan fingerprint density at radius 2 is 2.00 bits per heavy atom. The highest BCUT2D eigenvalue weighted by Crippen LogP contribution is 2.30. The number of aryl methyl sites for hydroxylation is 1. The van der Waals surface area contributed by atoms with Gasteiger partial charge >= 0.3 is 6.03 Å². The van der Waals surface area contributed by atoms with Gasteiger partial charge in [0.25, 0.3) is 0 Å². The minimum absolute atomic E-state index is 0.0811. The molecule has 22 heavy (non-hydrogen) atoms. The zero-order chi connectivity index (χ0) is 15.7. The molecule has 1 aliphatic heterocycles. The maximum absolute atomic E-state index is 12.2. The molecule has 0 bridgehead atoms. The molecular weight excluding hydrogens is 282 g/mol. The van der Waals surface area contributed by atoms with Crippen LogP contribution in [-0.2, 0) is 4.79 Å². The number of para-hydroxylation sites is 1. The molecule has 0 radical (unpaired) electrons. The highest BCUT2D eigenvalue weighted by Gasteiger charge is 2.36. The molecule has 2 fully saturated rings. The highest BCUT2D eigenvalue weighted by molar-refractivity contribution is 5.92. The van der Waals surface area contributed by atoms with Crippen LogP contribution in [-0.4, -0.2) is 43.1 Å². The molecule has 1 heterocycles. The lowest BCUT2D eigenvalue weighted by molar-refractivity contribution is -0.123. The van der Waals surface area contributed by atoms with Crippen LogP contribution in [0.15, 0.2) is 18.2 Å². The van der Waals surface area contributed by atoms with E-state index < -0.39 is 0 Å². The lowest BCUT2D eigenvalue weighted by atomic mass is 10.1. The smallest absolute Gasteiger partial charge is 0.322 e. The van der Waals surface area contributed by atoms with Crippen molar-refractivity contribution in [1.82, 2.24) is 10.2 Å². The second kappa shape index (κ2) is 5.87. The predicted molar refractivity (Wildman–Crippen MR) is 83.0 cm³/mol. The molecule has 1 aliphatic carbocycles. The molecule has 3 amide bonds. The zero-order valence-corrected chi connectivity index (χ0v) is 12.9. The number of nitrogens with one attached hydrogen (secondary N) is 2. The van der Waals surface area contributed by atoms with E-state index in [1.54, 1.807) is 12.0 Å². The Hall–Kier alpha value is -2.24. The summed E-state index contributed by atoms with van der Waals surface area (Å²) in [5.74, 6) is 0.984. The average Bonchev–Trinajstić information content (AvgIpc) is 3.28. The fourth-order valence-corrected chi connectivity index (χ4v) is 2.56. The van der Waals surface area contributed by atoms with E-state index in [0.29, 0.717) is 24.5 Å². The summed E-state index contributed by atoms with van der Waals surface area (Å²) in [6.07, 6.45) is 1.99. The van der Waals surface area contributed by atoms with Crippen molar-refractivity contribution in [2.45, 2.75) is 25.8 Å². The van der Waals surface area contributed by atoms with Gasteiger partial charge in [0.15, 0.2) is 0 Å². The molecule has 118 valence electrons. The average molecular weight is 303 g/mol. The Kier molecular flexibility index (Phi) is 3.92. The van der Waals surface area contributed by atoms with Gasteiger partial charge in [-0.3, -0.25) is 4.79 Å². The first kappa shape index (κ1) is 14.7. The first-order chi connectivity index (χ1) is 10.6. The molecule has 2 aliphatic rings. The summed E-state index contributed by atoms with van der Waals surface area (Å²) in [6, 6.07) is 5.54. The van der Waals surface area contributed by atoms with Crippen LogP contribution in [0.25, 0.3) is 0 Å². The van der Waals surface area contributed by atoms with E-state index in [2.05, 4.69) is 10.6 Å². The van der Waals surface area contributed by atoms with Crippen molar-refractivity contribution in [3.8, 4) is 5.75 Å². The molecule has 1 aromatic rings. The second-order valence-corrected chi connectivity index (χ2v) is 5.97. The number of carbonyl (C=O) groups is 2. The number of ether oxygens (including phenoxy) is 1. The summed E-state index contributed by atoms with van der Waals surface area (Å²) >= 11 is 0. The number of urea groups is 1. The van der Waals surface area contributed by atoms with Gasteiger partial charge in [0, 0.05) is 19.0 Å². The lowest BCUT2D eigenvalue weighted by Gasteiger charge is -2.39. The summed E-state index contributed by atoms with van der Waals surface area (Å²) < 4.78 is 5.28. The van der Waals surface area contributed by atoms with Crippen molar-refractivity contribution in [2.24, 2.45) is 5.92 Å². The summed E-state index contributed by atoms with van der Waals surface area (Å²) in [5.41, 5.74) is 1.65. The van der Waals surface area contributed by atoms with E-state index in [1.165, 1.54) is 0 Å². The van der Waals surface area contributed by atoms with Gasteiger partial charge in [0.1, 0.15) is 5.75 Å². The van der Waals surface area contributed by atoms with E-state index in [4.69, 9.17) is 4.74 Å². The number of nitrogens with zero attached hydrogens (tertiary/aromatic N) is 1. The van der Waals surface area contributed by atoms with E-state index in [1.807, 2.05) is 25.1 Å². The fourth-order valence-electron chi connectivity index (χ4n) is 2.56. The van der Waals surface area contributed by atoms with E-state index in [9.17, 15) is 9.59 Å². The number of benzene rings is 1. The third-order valence-corrected chi connectivity index (χ3v) is 4.15. The molecule has 2 N–H and O–H groups in total. The van der Waals surface area contributed by atoms with Crippen molar-refractivity contribution in [2.75, 3.05) is 25.5 Å². The summed E-state index contributed by atoms with van der Waals surface area (Å²) in [4.78, 5) is 25.6. The third kappa shape index (κ3) is 3.00. The van der Waals surface area contributed by atoms with Crippen molar-refractivity contribution < 1.29 is 14.3 Å². The van der Waals surface area contributed by atoms with Gasteiger partial charge in [-0.1, -0.05) is 12.1 Å². The quantitative estimate of drug-likeness (QED) is 0.890. The molecule has 0 unspecified atom stereocenters. The normalized spacial score (nSPS) is 17.6. The fraction of sp³-hybridized carbons (Fsp3) is 0.500. The minimum atomic E-state index is -0.162. The molecule has 0 spiro atoms. The number of hydrogen-bond donors (Lipinski definition) is 2. The summed E-state index contributed by atoms with van der Waals surface area (Å²) in [7, 11) is 1.58. The Morgan fingerprint density at radius 1 is 1.27 bits per heavy atom. The van der Waals surface area contributed by atoms with Crippen LogP contribution in [0.1, 0.15) is 18.4 Å². The topological polar surface area (TPSA) is 70.7 Å². The number of hydrogen-bond acceptors (Lipinski definition) is 3. The first-order valence-corrected chi connectivity index (χ1v) is 7.58. The first-order valence-electron chi connectivity index (χ1n) is 7.58. The van der Waals surface area contributed by atoms with E-state index >= 15 is 0 Å². The zero-order valence-electron chi connectivity index (χ0n) is 12.9. The van der Waals surface area contributed by atoms with Gasteiger partial charge in [-0.05, 0) is 31.4 Å². The van der Waals surface area contributed by atoms with Crippen molar-refractivity contribution in [3.63, 3.8) is 0 Å². The Morgan fingerprint density at radius 3 is 2.64 bits per heavy atom. The molecule has 1 saturated heterocycles. The van der Waals surface area contributed by atoms with Crippen LogP contribution in [0.3, 0.4) is 0 Å². The standard InChI is InChI=1S/C16H21N3O3/c1-10-4-3-5-13(22-2)14(10)18-16(21)19-8-12(9-19)17-15(20)11-6-7-11/h3-5,11-12H,6-9H2,1-2H3,(H,17,20)(H,18,21). The van der Waals surface area contributed by atoms with Gasteiger partial charge < -0.3 is 20.3 Å². The van der Waals surface area contributed by atoms with Crippen LogP contribution >= 0.6 is 0 Å². The Labute approximate surface area is 129 Å². The van der Waals surface area contributed by atoms with Crippen molar-refractivity contribution in [3.05, 3.63) is 23.8 Å². The maximum atomic E-state index is 12.2. The van der Waals surface area contributed by atoms with Crippen molar-refractivity contribution in [1.29, 1.82) is 0 Å². The van der Waals surface area contributed by atoms with Crippen LogP contribution in [0.5, 0.6) is 5.75 Å². The predicted octanol–water partition coefficient (Wildman–Crippen LogP) is 1.75. The molecule has 1 aromatic carbocycles. The van der Waals surface area contributed by atoms with Gasteiger partial charge in [0.05, 0.1) is 18.8 Å². The number of rotatable bonds is 4. The number of carbonyl (C=O) groups excluding carboxylic acids is 2. The number of likely N-dealkylation sites (tertiary alicyclic amines) is 1. The molecule has 0 aromatic heterocycles. The van der Waals surface area contributed by atoms with Crippen LogP contribution in [0.2, 0.25) is 0 Å². The molecule has 1 saturated carbocycles. The van der Waals surface area contributed by atoms with E-state index in [0.717, 1.165) is 18.4 Å². The van der Waals surface area contributed by atoms with Gasteiger partial charge in [-0.25, -0.2) is 4.79 Å². The number of anilines is 1.